The van der Waals surface area contributed by atoms with Crippen LogP contribution in [0.5, 0.6) is 11.5 Å². The van der Waals surface area contributed by atoms with E-state index in [1.807, 2.05) is 111 Å². The van der Waals surface area contributed by atoms with E-state index in [9.17, 15) is 9.59 Å². The highest BCUT2D eigenvalue weighted by atomic mass is 35.5. The summed E-state index contributed by atoms with van der Waals surface area (Å²) in [5.74, 6) is 1.52. The van der Waals surface area contributed by atoms with Crippen molar-refractivity contribution in [2.24, 2.45) is 24.1 Å². The summed E-state index contributed by atoms with van der Waals surface area (Å²) in [7, 11) is 6.83. The molecule has 0 radical (unpaired) electrons. The molecule has 4 aromatic carbocycles. The summed E-state index contributed by atoms with van der Waals surface area (Å²) in [5, 5.41) is 1.36. The van der Waals surface area contributed by atoms with Gasteiger partial charge in [0.25, 0.3) is 11.1 Å². The summed E-state index contributed by atoms with van der Waals surface area (Å²) in [4.78, 5) is 34.4. The van der Waals surface area contributed by atoms with Crippen molar-refractivity contribution in [3.8, 4) is 33.8 Å². The fraction of sp³-hybridized carbons (Fsp3) is 0.182. The molecule has 8 rings (SSSR count). The molecule has 10 heteroatoms. The molecule has 4 heterocycles. The highest BCUT2D eigenvalue weighted by Crippen LogP contribution is 2.40. The molecule has 6 aromatic rings. The molecule has 0 saturated heterocycles. The first-order valence-electron chi connectivity index (χ1n) is 17.4. The van der Waals surface area contributed by atoms with Gasteiger partial charge in [-0.3, -0.25) is 19.6 Å². The number of benzene rings is 4. The van der Waals surface area contributed by atoms with Crippen LogP contribution >= 0.6 is 23.2 Å². The van der Waals surface area contributed by atoms with Gasteiger partial charge in [0.05, 0.1) is 37.7 Å². The summed E-state index contributed by atoms with van der Waals surface area (Å²) in [6.07, 6.45) is 3.78. The van der Waals surface area contributed by atoms with Crippen LogP contribution in [0.2, 0.25) is 10.0 Å². The molecule has 2 aliphatic rings. The second-order valence-electron chi connectivity index (χ2n) is 13.3. The van der Waals surface area contributed by atoms with Crippen LogP contribution in [0.1, 0.15) is 59.3 Å². The van der Waals surface area contributed by atoms with E-state index in [1.54, 1.807) is 49.6 Å². The monoisotopic (exact) mass is 756 g/mol. The Labute approximate surface area is 323 Å². The molecule has 0 unspecified atom stereocenters. The summed E-state index contributed by atoms with van der Waals surface area (Å²) in [6.45, 7) is 4.02. The predicted octanol–water partition coefficient (Wildman–Crippen LogP) is 9.25. The van der Waals surface area contributed by atoms with E-state index in [0.29, 0.717) is 10.0 Å². The zero-order valence-corrected chi connectivity index (χ0v) is 32.2. The fourth-order valence-electron chi connectivity index (χ4n) is 6.93. The number of hydrogen-bond acceptors (Lipinski definition) is 6. The lowest BCUT2D eigenvalue weighted by Crippen LogP contribution is -2.17. The molecule has 0 fully saturated rings. The average Bonchev–Trinajstić information content (AvgIpc) is 3.36. The molecule has 0 aliphatic carbocycles. The van der Waals surface area contributed by atoms with Crippen molar-refractivity contribution in [2.75, 3.05) is 14.2 Å². The normalized spacial score (nSPS) is 15.4. The Balaban J connectivity index is 0.000000167. The fourth-order valence-corrected chi connectivity index (χ4v) is 7.19. The highest BCUT2D eigenvalue weighted by molar-refractivity contribution is 6.31. The van der Waals surface area contributed by atoms with Gasteiger partial charge in [-0.1, -0.05) is 47.5 Å². The van der Waals surface area contributed by atoms with Gasteiger partial charge < -0.3 is 18.6 Å². The lowest BCUT2D eigenvalue weighted by atomic mass is 9.92. The molecule has 0 bridgehead atoms. The Morgan fingerprint density at radius 3 is 1.24 bits per heavy atom. The number of hydrogen-bond donors (Lipinski definition) is 0. The topological polar surface area (TPSA) is 87.2 Å². The van der Waals surface area contributed by atoms with Crippen LogP contribution in [0.3, 0.4) is 0 Å². The van der Waals surface area contributed by atoms with Gasteiger partial charge in [0.1, 0.15) is 11.5 Å². The van der Waals surface area contributed by atoms with E-state index in [1.165, 1.54) is 0 Å². The maximum atomic E-state index is 12.2. The molecule has 8 nitrogen and oxygen atoms in total. The van der Waals surface area contributed by atoms with Crippen molar-refractivity contribution >= 4 is 34.6 Å². The van der Waals surface area contributed by atoms with Crippen LogP contribution in [0.4, 0.5) is 0 Å². The third kappa shape index (κ3) is 7.02. The van der Waals surface area contributed by atoms with Crippen molar-refractivity contribution in [1.82, 2.24) is 9.13 Å². The second kappa shape index (κ2) is 15.0. The van der Waals surface area contributed by atoms with Gasteiger partial charge in [0.2, 0.25) is 0 Å². The van der Waals surface area contributed by atoms with E-state index in [2.05, 4.69) is 0 Å². The molecule has 0 spiro atoms. The number of aryl methyl sites for hydroxylation is 2. The Morgan fingerprint density at radius 2 is 0.889 bits per heavy atom. The molecule has 2 aromatic heterocycles. The van der Waals surface area contributed by atoms with Crippen LogP contribution in [-0.4, -0.2) is 34.8 Å². The van der Waals surface area contributed by atoms with Crippen LogP contribution in [0.25, 0.3) is 22.3 Å². The summed E-state index contributed by atoms with van der Waals surface area (Å²) >= 11 is 12.1. The number of halogens is 2. The smallest absolute Gasteiger partial charge is 0.250 e. The molecule has 2 atom stereocenters. The molecular formula is C44H38Cl2N4O4. The first-order chi connectivity index (χ1) is 25.9. The molecule has 0 saturated carbocycles. The Kier molecular flexibility index (Phi) is 10.2. The largest absolute Gasteiger partial charge is 0.497 e. The van der Waals surface area contributed by atoms with Crippen LogP contribution < -0.4 is 20.6 Å². The zero-order valence-electron chi connectivity index (χ0n) is 30.7. The third-order valence-corrected chi connectivity index (χ3v) is 10.3. The Bertz CT molecular complexity index is 2410. The summed E-state index contributed by atoms with van der Waals surface area (Å²) in [5.41, 5.74) is 11.5. The predicted molar refractivity (Wildman–Crippen MR) is 218 cm³/mol. The van der Waals surface area contributed by atoms with Crippen LogP contribution in [0.15, 0.2) is 129 Å². The molecule has 54 heavy (non-hydrogen) atoms. The molecule has 2 aliphatic heterocycles. The lowest BCUT2D eigenvalue weighted by molar-refractivity contribution is 0.414. The maximum Gasteiger partial charge on any atom is 0.250 e. The van der Waals surface area contributed by atoms with Gasteiger partial charge in [-0.05, 0) is 96.8 Å². The minimum Gasteiger partial charge on any atom is -0.497 e. The second-order valence-corrected chi connectivity index (χ2v) is 14.2. The number of nitrogens with zero attached hydrogens (tertiary/aromatic N) is 4. The minimum atomic E-state index is -0.155. The van der Waals surface area contributed by atoms with Gasteiger partial charge >= 0.3 is 0 Å². The zero-order chi connectivity index (χ0) is 38.3. The number of aliphatic imine (C=N–C) groups is 2. The Morgan fingerprint density at radius 1 is 0.519 bits per heavy atom. The van der Waals surface area contributed by atoms with E-state index in [4.69, 9.17) is 42.7 Å². The van der Waals surface area contributed by atoms with Gasteiger partial charge in [0, 0.05) is 82.0 Å². The summed E-state index contributed by atoms with van der Waals surface area (Å²) < 4.78 is 14.1. The number of rotatable bonds is 4. The maximum absolute atomic E-state index is 12.2. The molecule has 272 valence electrons. The minimum absolute atomic E-state index is 0.0409. The van der Waals surface area contributed by atoms with Crippen molar-refractivity contribution in [3.05, 3.63) is 174 Å². The molecule has 0 N–H and O–H groups in total. The van der Waals surface area contributed by atoms with Gasteiger partial charge in [-0.25, -0.2) is 0 Å². The Hall–Kier alpha value is -5.70. The third-order valence-electron chi connectivity index (χ3n) is 9.85. The highest BCUT2D eigenvalue weighted by Gasteiger charge is 2.26. The van der Waals surface area contributed by atoms with Crippen LogP contribution in [-0.2, 0) is 14.1 Å². The SMILES string of the molecule is COc1ccc2c(c1)C(c1ccc(Cl)cc1)=N[C@@H](C)c1cc(=O)n(C)cc1-2.COc1ccc2c(c1)C(c1ccc(Cl)cc1)=N[C@H](C)c1cc(=O)n(C)cc1-2. The van der Waals surface area contributed by atoms with Crippen molar-refractivity contribution in [1.29, 1.82) is 0 Å². The van der Waals surface area contributed by atoms with Gasteiger partial charge in [-0.2, -0.15) is 0 Å². The number of ether oxygens (including phenoxy) is 2. The van der Waals surface area contributed by atoms with Gasteiger partial charge in [-0.15, -0.1) is 0 Å². The van der Waals surface area contributed by atoms with E-state index in [0.717, 1.165) is 78.6 Å². The number of pyridine rings is 2. The quantitative estimate of drug-likeness (QED) is 0.180. The summed E-state index contributed by atoms with van der Waals surface area (Å²) in [6, 6.07) is 30.3. The van der Waals surface area contributed by atoms with E-state index in [-0.39, 0.29) is 23.2 Å². The number of aromatic nitrogens is 2. The molecular weight excluding hydrogens is 719 g/mol. The van der Waals surface area contributed by atoms with Gasteiger partial charge in [0.15, 0.2) is 0 Å². The van der Waals surface area contributed by atoms with Crippen molar-refractivity contribution < 1.29 is 9.47 Å². The van der Waals surface area contributed by atoms with Crippen molar-refractivity contribution in [2.45, 2.75) is 25.9 Å². The average molecular weight is 758 g/mol. The standard InChI is InChI=1S/2C22H19ClN2O2/c2*1-13-18-11-21(26)25(2)12-20(18)17-9-8-16(27-3)10-19(17)22(24-13)14-4-6-15(23)7-5-14/h2*4-13H,1-3H3/t2*13-/m10/s1. The number of methoxy groups -OCH3 is 2. The number of fused-ring (bicyclic) bond motifs is 6. The van der Waals surface area contributed by atoms with E-state index >= 15 is 0 Å². The lowest BCUT2D eigenvalue weighted by Gasteiger charge is -2.14. The van der Waals surface area contributed by atoms with Crippen molar-refractivity contribution in [3.63, 3.8) is 0 Å². The molecule has 0 amide bonds. The first-order valence-corrected chi connectivity index (χ1v) is 18.2. The van der Waals surface area contributed by atoms with Crippen LogP contribution in [0, 0.1) is 0 Å². The van der Waals surface area contributed by atoms with E-state index < -0.39 is 0 Å². The first kappa shape index (κ1) is 36.6.